The maximum atomic E-state index is 14.1. The molecule has 1 aliphatic heterocycles. The lowest BCUT2D eigenvalue weighted by molar-refractivity contribution is 0.0989. The number of ether oxygens (including phenoxy) is 2. The Morgan fingerprint density at radius 2 is 1.82 bits per heavy atom. The van der Waals surface area contributed by atoms with Crippen LogP contribution >= 0.6 is 22.9 Å². The van der Waals surface area contributed by atoms with Gasteiger partial charge in [-0.3, -0.25) is 9.69 Å². The molecule has 192 valence electrons. The molecule has 0 bridgehead atoms. The van der Waals surface area contributed by atoms with Crippen molar-refractivity contribution in [2.24, 2.45) is 0 Å². The van der Waals surface area contributed by atoms with Crippen LogP contribution < -0.4 is 14.4 Å². The van der Waals surface area contributed by atoms with Gasteiger partial charge in [-0.2, -0.15) is 4.98 Å². The van der Waals surface area contributed by atoms with Crippen LogP contribution in [-0.2, 0) is 0 Å². The van der Waals surface area contributed by atoms with E-state index in [9.17, 15) is 4.79 Å². The minimum absolute atomic E-state index is 0.0421. The zero-order valence-electron chi connectivity index (χ0n) is 21.0. The molecule has 0 fully saturated rings. The molecule has 0 N–H and O–H groups in total. The van der Waals surface area contributed by atoms with Gasteiger partial charge in [0.15, 0.2) is 5.69 Å². The first-order valence-corrected chi connectivity index (χ1v) is 13.2. The fraction of sp³-hybridized carbons (Fsp3) is 0.222. The first-order valence-electron chi connectivity index (χ1n) is 11.9. The summed E-state index contributed by atoms with van der Waals surface area (Å²) in [7, 11) is 3.02. The summed E-state index contributed by atoms with van der Waals surface area (Å²) >= 11 is 7.77. The number of carbonyl (C=O) groups is 1. The van der Waals surface area contributed by atoms with Crippen LogP contribution in [0, 0.1) is 0 Å². The molecular weight excluding hydrogens is 524 g/mol. The molecule has 0 saturated heterocycles. The number of anilines is 1. The summed E-state index contributed by atoms with van der Waals surface area (Å²) in [5, 5.41) is 0.620. The summed E-state index contributed by atoms with van der Waals surface area (Å²) < 4.78 is 13.8. The Balaban J connectivity index is 1.59. The minimum Gasteiger partial charge on any atom is -0.480 e. The molecule has 0 saturated carbocycles. The fourth-order valence-electron chi connectivity index (χ4n) is 4.90. The second kappa shape index (κ2) is 9.38. The van der Waals surface area contributed by atoms with Gasteiger partial charge in [0.2, 0.25) is 5.88 Å². The third-order valence-corrected chi connectivity index (χ3v) is 7.57. The zero-order valence-corrected chi connectivity index (χ0v) is 22.6. The quantitative estimate of drug-likeness (QED) is 0.259. The summed E-state index contributed by atoms with van der Waals surface area (Å²) in [4.78, 5) is 33.8. The molecule has 0 aliphatic carbocycles. The number of halogens is 1. The number of rotatable bonds is 6. The molecule has 3 aromatic heterocycles. The Kier molecular flexibility index (Phi) is 6.00. The van der Waals surface area contributed by atoms with Crippen LogP contribution in [0.4, 0.5) is 5.69 Å². The molecule has 2 aromatic carbocycles. The summed E-state index contributed by atoms with van der Waals surface area (Å²) in [6.07, 6.45) is 1.61. The Bertz CT molecular complexity index is 1680. The standard InChI is InChI=1S/C27H23ClN6O3S/c1-14(2)33-23-21(31-24(33)18-12-29-27(37-4)32-25(18)36-3)26(35)34(22(23)15-5-7-16(28)8-6-15)17-9-10-19-20(11-17)38-13-30-19/h5-14,22H,1-4H3. The molecule has 4 heterocycles. The van der Waals surface area contributed by atoms with Crippen LogP contribution in [0.3, 0.4) is 0 Å². The van der Waals surface area contributed by atoms with Crippen LogP contribution in [0.2, 0.25) is 5.02 Å². The highest BCUT2D eigenvalue weighted by Crippen LogP contribution is 2.46. The van der Waals surface area contributed by atoms with Crippen molar-refractivity contribution in [1.29, 1.82) is 0 Å². The third kappa shape index (κ3) is 3.79. The minimum atomic E-state index is -0.436. The molecule has 1 aliphatic rings. The second-order valence-electron chi connectivity index (χ2n) is 9.05. The molecule has 9 nitrogen and oxygen atoms in total. The van der Waals surface area contributed by atoms with Gasteiger partial charge in [-0.15, -0.1) is 11.3 Å². The first-order chi connectivity index (χ1) is 18.4. The fourth-order valence-corrected chi connectivity index (χ4v) is 5.74. The molecule has 11 heteroatoms. The van der Waals surface area contributed by atoms with Crippen molar-refractivity contribution in [3.05, 3.63) is 76.1 Å². The number of benzene rings is 2. The monoisotopic (exact) mass is 546 g/mol. The van der Waals surface area contributed by atoms with Crippen molar-refractivity contribution in [2.75, 3.05) is 19.1 Å². The molecule has 38 heavy (non-hydrogen) atoms. The third-order valence-electron chi connectivity index (χ3n) is 6.53. The molecule has 5 aromatic rings. The van der Waals surface area contributed by atoms with E-state index < -0.39 is 6.04 Å². The van der Waals surface area contributed by atoms with Gasteiger partial charge in [-0.05, 0) is 49.7 Å². The van der Waals surface area contributed by atoms with E-state index in [4.69, 9.17) is 26.1 Å². The number of methoxy groups -OCH3 is 2. The molecule has 0 spiro atoms. The Morgan fingerprint density at radius 1 is 1.03 bits per heavy atom. The second-order valence-corrected chi connectivity index (χ2v) is 10.4. The summed E-state index contributed by atoms with van der Waals surface area (Å²) in [6, 6.07) is 13.1. The molecule has 1 unspecified atom stereocenters. The normalized spacial score (nSPS) is 14.9. The average molecular weight is 547 g/mol. The van der Waals surface area contributed by atoms with E-state index in [2.05, 4.69) is 33.4 Å². The number of aromatic nitrogens is 5. The highest BCUT2D eigenvalue weighted by molar-refractivity contribution is 7.16. The highest BCUT2D eigenvalue weighted by atomic mass is 35.5. The number of hydrogen-bond acceptors (Lipinski definition) is 8. The van der Waals surface area contributed by atoms with Crippen LogP contribution in [0.15, 0.2) is 54.2 Å². The Hall–Kier alpha value is -4.02. The van der Waals surface area contributed by atoms with Gasteiger partial charge in [0.05, 0.1) is 41.2 Å². The number of nitrogens with zero attached hydrogens (tertiary/aromatic N) is 6. The van der Waals surface area contributed by atoms with Crippen molar-refractivity contribution in [3.8, 4) is 23.3 Å². The average Bonchev–Trinajstić information content (AvgIpc) is 3.62. The zero-order chi connectivity index (χ0) is 26.6. The largest absolute Gasteiger partial charge is 0.480 e. The van der Waals surface area contributed by atoms with Crippen molar-refractivity contribution in [3.63, 3.8) is 0 Å². The summed E-state index contributed by atoms with van der Waals surface area (Å²) in [6.45, 7) is 4.11. The van der Waals surface area contributed by atoms with Gasteiger partial charge in [-0.25, -0.2) is 15.0 Å². The van der Waals surface area contributed by atoms with Crippen LogP contribution in [0.1, 0.15) is 47.7 Å². The van der Waals surface area contributed by atoms with E-state index in [0.29, 0.717) is 28.0 Å². The number of imidazole rings is 1. The number of fused-ring (bicyclic) bond motifs is 2. The molecule has 6 rings (SSSR count). The van der Waals surface area contributed by atoms with E-state index in [1.54, 1.807) is 16.6 Å². The van der Waals surface area contributed by atoms with Gasteiger partial charge < -0.3 is 14.0 Å². The van der Waals surface area contributed by atoms with Gasteiger partial charge in [0.25, 0.3) is 5.91 Å². The van der Waals surface area contributed by atoms with Crippen LogP contribution in [-0.4, -0.2) is 44.6 Å². The van der Waals surface area contributed by atoms with E-state index >= 15 is 0 Å². The number of carbonyl (C=O) groups excluding carboxylic acids is 1. The van der Waals surface area contributed by atoms with Gasteiger partial charge >= 0.3 is 6.01 Å². The Morgan fingerprint density at radius 3 is 2.53 bits per heavy atom. The van der Waals surface area contributed by atoms with Gasteiger partial charge in [0.1, 0.15) is 11.9 Å². The van der Waals surface area contributed by atoms with E-state index in [0.717, 1.165) is 27.2 Å². The van der Waals surface area contributed by atoms with Crippen LogP contribution in [0.25, 0.3) is 21.6 Å². The van der Waals surface area contributed by atoms with Gasteiger partial charge in [-0.1, -0.05) is 23.7 Å². The maximum absolute atomic E-state index is 14.1. The van der Waals surface area contributed by atoms with Crippen molar-refractivity contribution in [2.45, 2.75) is 25.9 Å². The predicted molar refractivity (Wildman–Crippen MR) is 146 cm³/mol. The molecule has 1 amide bonds. The topological polar surface area (TPSA) is 95.3 Å². The smallest absolute Gasteiger partial charge is 0.319 e. The highest BCUT2D eigenvalue weighted by Gasteiger charge is 2.45. The van der Waals surface area contributed by atoms with E-state index in [1.165, 1.54) is 25.6 Å². The molecule has 1 atom stereocenters. The number of amides is 1. The van der Waals surface area contributed by atoms with Crippen molar-refractivity contribution >= 4 is 44.7 Å². The lowest BCUT2D eigenvalue weighted by Crippen LogP contribution is -2.30. The summed E-state index contributed by atoms with van der Waals surface area (Å²) in [5.74, 6) is 0.664. The molecular formula is C27H23ClN6O3S. The Labute approximate surface area is 227 Å². The number of thiazole rings is 1. The van der Waals surface area contributed by atoms with Crippen molar-refractivity contribution < 1.29 is 14.3 Å². The lowest BCUT2D eigenvalue weighted by atomic mass is 10.0. The van der Waals surface area contributed by atoms with E-state index in [-0.39, 0.29) is 18.0 Å². The summed E-state index contributed by atoms with van der Waals surface area (Å²) in [5.41, 5.74) is 6.10. The first kappa shape index (κ1) is 24.3. The molecule has 0 radical (unpaired) electrons. The van der Waals surface area contributed by atoms with Gasteiger partial charge in [0, 0.05) is 22.9 Å². The number of hydrogen-bond donors (Lipinski definition) is 0. The predicted octanol–water partition coefficient (Wildman–Crippen LogP) is 5.95. The maximum Gasteiger partial charge on any atom is 0.319 e. The van der Waals surface area contributed by atoms with Crippen LogP contribution in [0.5, 0.6) is 11.9 Å². The van der Waals surface area contributed by atoms with Crippen molar-refractivity contribution in [1.82, 2.24) is 24.5 Å². The van der Waals surface area contributed by atoms with E-state index in [1.807, 2.05) is 42.5 Å². The lowest BCUT2D eigenvalue weighted by Gasteiger charge is -2.28. The SMILES string of the molecule is COc1ncc(-c2nc3c(n2C(C)C)C(c2ccc(Cl)cc2)N(c2ccc4ncsc4c2)C3=O)c(OC)n1.